The molecule has 0 saturated carbocycles. The Bertz CT molecular complexity index is 741. The van der Waals surface area contributed by atoms with E-state index in [0.29, 0.717) is 5.56 Å². The normalized spacial score (nSPS) is 11.4. The summed E-state index contributed by atoms with van der Waals surface area (Å²) in [6.07, 6.45) is 2.89. The van der Waals surface area contributed by atoms with Crippen LogP contribution in [0.5, 0.6) is 0 Å². The monoisotopic (exact) mass is 301 g/mol. The van der Waals surface area contributed by atoms with Crippen LogP contribution in [0.1, 0.15) is 21.8 Å². The molecule has 21 heavy (non-hydrogen) atoms. The van der Waals surface area contributed by atoms with Crippen LogP contribution in [0.25, 0.3) is 0 Å². The molecule has 0 aliphatic rings. The van der Waals surface area contributed by atoms with Gasteiger partial charge in [0, 0.05) is 23.5 Å². The number of ketones is 1. The molecule has 0 spiro atoms. The summed E-state index contributed by atoms with van der Waals surface area (Å²) in [5.74, 6) is -1.81. The Balaban J connectivity index is 2.49. The van der Waals surface area contributed by atoms with Crippen molar-refractivity contribution in [3.63, 3.8) is 0 Å². The molecule has 0 amide bonds. The predicted octanol–water partition coefficient (Wildman–Crippen LogP) is 3.13. The maximum Gasteiger partial charge on any atom is 0.281 e. The van der Waals surface area contributed by atoms with E-state index >= 15 is 0 Å². The number of carbonyl (C=O) groups is 1. The maximum atomic E-state index is 12.4. The standard InChI is InChI=1S/C14H8ClN3O3/c15-10-3-4-11(13(6-10)18(20)21)14(19)12(7-16)9-2-1-5-17-8-9/h1-6,8,12H. The Morgan fingerprint density at radius 1 is 1.43 bits per heavy atom. The molecule has 1 atom stereocenters. The molecule has 104 valence electrons. The van der Waals surface area contributed by atoms with Crippen LogP contribution in [0.3, 0.4) is 0 Å². The topological polar surface area (TPSA) is 96.9 Å². The summed E-state index contributed by atoms with van der Waals surface area (Å²) < 4.78 is 0. The number of hydrogen-bond acceptors (Lipinski definition) is 5. The predicted molar refractivity (Wildman–Crippen MR) is 75.0 cm³/mol. The fourth-order valence-electron chi connectivity index (χ4n) is 1.85. The van der Waals surface area contributed by atoms with Gasteiger partial charge < -0.3 is 0 Å². The van der Waals surface area contributed by atoms with Crippen molar-refractivity contribution in [1.29, 1.82) is 5.26 Å². The molecule has 0 aliphatic heterocycles. The molecule has 7 heteroatoms. The lowest BCUT2D eigenvalue weighted by molar-refractivity contribution is -0.385. The van der Waals surface area contributed by atoms with Crippen LogP contribution in [0.4, 0.5) is 5.69 Å². The zero-order chi connectivity index (χ0) is 15.4. The van der Waals surface area contributed by atoms with Gasteiger partial charge in [0.1, 0.15) is 5.92 Å². The number of Topliss-reactive ketones (excluding diaryl/α,β-unsaturated/α-hetero) is 1. The lowest BCUT2D eigenvalue weighted by Gasteiger charge is -2.08. The first kappa shape index (κ1) is 14.6. The van der Waals surface area contributed by atoms with Gasteiger partial charge in [-0.1, -0.05) is 17.7 Å². The number of nitriles is 1. The van der Waals surface area contributed by atoms with Crippen molar-refractivity contribution in [3.05, 3.63) is 69.0 Å². The number of hydrogen-bond donors (Lipinski definition) is 0. The SMILES string of the molecule is N#CC(C(=O)c1ccc(Cl)cc1[N+](=O)[O-])c1cccnc1. The average molecular weight is 302 g/mol. The second-order valence-corrected chi connectivity index (χ2v) is 4.57. The molecule has 2 rings (SSSR count). The van der Waals surface area contributed by atoms with Crippen molar-refractivity contribution in [2.24, 2.45) is 0 Å². The van der Waals surface area contributed by atoms with E-state index < -0.39 is 22.3 Å². The number of aromatic nitrogens is 1. The van der Waals surface area contributed by atoms with Crippen LogP contribution in [0.15, 0.2) is 42.7 Å². The summed E-state index contributed by atoms with van der Waals surface area (Å²) in [6.45, 7) is 0. The third-order valence-electron chi connectivity index (χ3n) is 2.83. The summed E-state index contributed by atoms with van der Waals surface area (Å²) in [6, 6.07) is 8.73. The van der Waals surface area contributed by atoms with Crippen LogP contribution in [-0.2, 0) is 0 Å². The number of pyridine rings is 1. The molecule has 6 nitrogen and oxygen atoms in total. The minimum Gasteiger partial charge on any atom is -0.292 e. The van der Waals surface area contributed by atoms with Gasteiger partial charge in [0.15, 0.2) is 5.78 Å². The third-order valence-corrected chi connectivity index (χ3v) is 3.07. The van der Waals surface area contributed by atoms with Crippen molar-refractivity contribution in [2.75, 3.05) is 0 Å². The van der Waals surface area contributed by atoms with Gasteiger partial charge in [-0.25, -0.2) is 0 Å². The zero-order valence-corrected chi connectivity index (χ0v) is 11.3. The largest absolute Gasteiger partial charge is 0.292 e. The Labute approximate surface area is 124 Å². The molecule has 0 bridgehead atoms. The highest BCUT2D eigenvalue weighted by atomic mass is 35.5. The molecule has 0 N–H and O–H groups in total. The second kappa shape index (κ2) is 6.11. The smallest absolute Gasteiger partial charge is 0.281 e. The fourth-order valence-corrected chi connectivity index (χ4v) is 2.02. The third kappa shape index (κ3) is 3.04. The minimum absolute atomic E-state index is 0.146. The van der Waals surface area contributed by atoms with Gasteiger partial charge in [0.05, 0.1) is 16.6 Å². The van der Waals surface area contributed by atoms with Crippen molar-refractivity contribution >= 4 is 23.1 Å². The average Bonchev–Trinajstić information content (AvgIpc) is 2.48. The number of halogens is 1. The second-order valence-electron chi connectivity index (χ2n) is 4.13. The molecule has 1 unspecified atom stereocenters. The van der Waals surface area contributed by atoms with Gasteiger partial charge in [-0.05, 0) is 23.8 Å². The molecule has 0 fully saturated rings. The molecule has 0 aliphatic carbocycles. The number of carbonyl (C=O) groups excluding carboxylic acids is 1. The minimum atomic E-state index is -1.15. The van der Waals surface area contributed by atoms with Crippen molar-refractivity contribution in [1.82, 2.24) is 4.98 Å². The van der Waals surface area contributed by atoms with Crippen molar-refractivity contribution < 1.29 is 9.72 Å². The summed E-state index contributed by atoms with van der Waals surface area (Å²) in [4.78, 5) is 26.6. The molecule has 1 aromatic carbocycles. The highest BCUT2D eigenvalue weighted by Crippen LogP contribution is 2.28. The number of nitro benzene ring substituents is 1. The molecule has 0 saturated heterocycles. The zero-order valence-electron chi connectivity index (χ0n) is 10.6. The van der Waals surface area contributed by atoms with Gasteiger partial charge in [-0.2, -0.15) is 5.26 Å². The molecule has 0 radical (unpaired) electrons. The molecule has 1 aromatic heterocycles. The first-order valence-electron chi connectivity index (χ1n) is 5.82. The Kier molecular flexibility index (Phi) is 4.26. The van der Waals surface area contributed by atoms with E-state index in [1.165, 1.54) is 24.5 Å². The van der Waals surface area contributed by atoms with E-state index in [9.17, 15) is 20.2 Å². The van der Waals surface area contributed by atoms with Crippen LogP contribution in [0, 0.1) is 21.4 Å². The van der Waals surface area contributed by atoms with Crippen LogP contribution in [0.2, 0.25) is 5.02 Å². The number of nitrogens with zero attached hydrogens (tertiary/aromatic N) is 3. The Morgan fingerprint density at radius 3 is 2.76 bits per heavy atom. The lowest BCUT2D eigenvalue weighted by atomic mass is 9.92. The van der Waals surface area contributed by atoms with Gasteiger partial charge in [0.25, 0.3) is 5.69 Å². The van der Waals surface area contributed by atoms with E-state index in [-0.39, 0.29) is 10.6 Å². The molecular formula is C14H8ClN3O3. The van der Waals surface area contributed by atoms with Crippen LogP contribution in [-0.4, -0.2) is 15.7 Å². The fraction of sp³-hybridized carbons (Fsp3) is 0.0714. The highest BCUT2D eigenvalue weighted by Gasteiger charge is 2.28. The summed E-state index contributed by atoms with van der Waals surface area (Å²) in [7, 11) is 0. The van der Waals surface area contributed by atoms with Crippen molar-refractivity contribution in [2.45, 2.75) is 5.92 Å². The summed E-state index contributed by atoms with van der Waals surface area (Å²) in [5, 5.41) is 20.4. The van der Waals surface area contributed by atoms with E-state index in [2.05, 4.69) is 4.98 Å². The van der Waals surface area contributed by atoms with Crippen molar-refractivity contribution in [3.8, 4) is 6.07 Å². The van der Waals surface area contributed by atoms with Gasteiger partial charge >= 0.3 is 0 Å². The Hall–Kier alpha value is -2.78. The van der Waals surface area contributed by atoms with Crippen LogP contribution >= 0.6 is 11.6 Å². The number of nitro groups is 1. The van der Waals surface area contributed by atoms with Gasteiger partial charge in [-0.3, -0.25) is 19.9 Å². The van der Waals surface area contributed by atoms with E-state index in [1.54, 1.807) is 12.1 Å². The van der Waals surface area contributed by atoms with Gasteiger partial charge in [0.2, 0.25) is 0 Å². The number of rotatable bonds is 4. The first-order valence-corrected chi connectivity index (χ1v) is 6.20. The molecule has 1 heterocycles. The number of benzene rings is 1. The van der Waals surface area contributed by atoms with E-state index in [0.717, 1.165) is 6.07 Å². The molecule has 2 aromatic rings. The quantitative estimate of drug-likeness (QED) is 0.491. The summed E-state index contributed by atoms with van der Waals surface area (Å²) >= 11 is 5.71. The maximum absolute atomic E-state index is 12.4. The molecular weight excluding hydrogens is 294 g/mol. The summed E-state index contributed by atoms with van der Waals surface area (Å²) in [5.41, 5.74) is -0.189. The van der Waals surface area contributed by atoms with E-state index in [1.807, 2.05) is 6.07 Å². The van der Waals surface area contributed by atoms with Gasteiger partial charge in [-0.15, -0.1) is 0 Å². The van der Waals surface area contributed by atoms with Crippen LogP contribution < -0.4 is 0 Å². The van der Waals surface area contributed by atoms with E-state index in [4.69, 9.17) is 11.6 Å². The first-order chi connectivity index (χ1) is 10.0. The highest BCUT2D eigenvalue weighted by molar-refractivity contribution is 6.31. The lowest BCUT2D eigenvalue weighted by Crippen LogP contribution is -2.13. The Morgan fingerprint density at radius 2 is 2.19 bits per heavy atom.